The third-order valence-electron chi connectivity index (χ3n) is 4.22. The summed E-state index contributed by atoms with van der Waals surface area (Å²) in [4.78, 5) is 4.27. The summed E-state index contributed by atoms with van der Waals surface area (Å²) in [6.45, 7) is 0. The maximum absolute atomic E-state index is 13.4. The maximum Gasteiger partial charge on any atom is 0.237 e. The summed E-state index contributed by atoms with van der Waals surface area (Å²) in [6.07, 6.45) is 1.96. The highest BCUT2D eigenvalue weighted by atomic mass is 19.2. The van der Waals surface area contributed by atoms with Crippen molar-refractivity contribution in [3.05, 3.63) is 89.5 Å². The molecule has 0 saturated heterocycles. The Kier molecular flexibility index (Phi) is 4.82. The number of pyridine rings is 1. The molecule has 4 rings (SSSR count). The molecule has 4 aromatic rings. The van der Waals surface area contributed by atoms with Crippen molar-refractivity contribution in [2.75, 3.05) is 0 Å². The van der Waals surface area contributed by atoms with Crippen molar-refractivity contribution in [3.8, 4) is 11.6 Å². The van der Waals surface area contributed by atoms with Crippen LogP contribution in [0.4, 0.5) is 8.78 Å². The van der Waals surface area contributed by atoms with Gasteiger partial charge in [0.1, 0.15) is 17.1 Å². The molecule has 0 atom stereocenters. The minimum Gasteiger partial charge on any atom is -0.437 e. The van der Waals surface area contributed by atoms with Gasteiger partial charge in [0.05, 0.1) is 5.52 Å². The lowest BCUT2D eigenvalue weighted by Crippen LogP contribution is -2.30. The lowest BCUT2D eigenvalue weighted by Gasteiger charge is -2.11. The van der Waals surface area contributed by atoms with Crippen LogP contribution in [0.1, 0.15) is 5.56 Å². The number of benzene rings is 2. The highest BCUT2D eigenvalue weighted by Crippen LogP contribution is 2.21. The average Bonchev–Trinajstić information content (AvgIpc) is 2.72. The highest BCUT2D eigenvalue weighted by Gasteiger charge is 2.09. The molecule has 0 fully saturated rings. The van der Waals surface area contributed by atoms with Crippen LogP contribution in [0.2, 0.25) is 0 Å². The van der Waals surface area contributed by atoms with Crippen molar-refractivity contribution in [1.29, 1.82) is 10.8 Å². The molecule has 0 aliphatic heterocycles. The summed E-state index contributed by atoms with van der Waals surface area (Å²) in [5.41, 5.74) is 1.72. The Bertz CT molecular complexity index is 1290. The van der Waals surface area contributed by atoms with E-state index >= 15 is 0 Å². The molecule has 6 nitrogen and oxygen atoms in total. The van der Waals surface area contributed by atoms with Gasteiger partial charge < -0.3 is 4.74 Å². The van der Waals surface area contributed by atoms with Gasteiger partial charge >= 0.3 is 0 Å². The predicted molar refractivity (Wildman–Crippen MR) is 103 cm³/mol. The van der Waals surface area contributed by atoms with Crippen LogP contribution in [0.3, 0.4) is 0 Å². The Morgan fingerprint density at radius 1 is 1.00 bits per heavy atom. The zero-order valence-corrected chi connectivity index (χ0v) is 15.1. The van der Waals surface area contributed by atoms with Gasteiger partial charge in [-0.25, -0.2) is 8.78 Å². The van der Waals surface area contributed by atoms with Crippen LogP contribution < -0.4 is 10.2 Å². The molecule has 0 radical (unpaired) electrons. The SMILES string of the molecule is N=C(Cc1ccc2ncccc2c1)n1nc(Oc2ccc(F)c(F)c2)ccc1=N. The van der Waals surface area contributed by atoms with Gasteiger partial charge in [0.25, 0.3) is 0 Å². The Morgan fingerprint density at radius 2 is 1.86 bits per heavy atom. The molecule has 144 valence electrons. The second-order valence-corrected chi connectivity index (χ2v) is 6.30. The van der Waals surface area contributed by atoms with E-state index in [-0.39, 0.29) is 29.4 Å². The van der Waals surface area contributed by atoms with Crippen LogP contribution in [0.25, 0.3) is 10.9 Å². The molecule has 2 aromatic heterocycles. The van der Waals surface area contributed by atoms with Crippen LogP contribution in [0, 0.1) is 22.5 Å². The molecular weight excluding hydrogens is 376 g/mol. The lowest BCUT2D eigenvalue weighted by atomic mass is 10.1. The van der Waals surface area contributed by atoms with Gasteiger partial charge in [-0.1, -0.05) is 12.1 Å². The fourth-order valence-electron chi connectivity index (χ4n) is 2.83. The number of nitrogens with zero attached hydrogens (tertiary/aromatic N) is 3. The van der Waals surface area contributed by atoms with Gasteiger partial charge in [-0.2, -0.15) is 4.68 Å². The van der Waals surface area contributed by atoms with Crippen LogP contribution >= 0.6 is 0 Å². The van der Waals surface area contributed by atoms with E-state index in [2.05, 4.69) is 10.1 Å². The van der Waals surface area contributed by atoms with Crippen LogP contribution in [0.15, 0.2) is 66.9 Å². The van der Waals surface area contributed by atoms with E-state index in [4.69, 9.17) is 15.6 Å². The van der Waals surface area contributed by atoms with Crippen molar-refractivity contribution in [2.24, 2.45) is 0 Å². The van der Waals surface area contributed by atoms with Crippen LogP contribution in [0.5, 0.6) is 11.6 Å². The molecule has 0 unspecified atom stereocenters. The van der Waals surface area contributed by atoms with Crippen LogP contribution in [-0.4, -0.2) is 20.6 Å². The zero-order valence-electron chi connectivity index (χ0n) is 15.1. The topological polar surface area (TPSA) is 87.6 Å². The van der Waals surface area contributed by atoms with Gasteiger partial charge in [0, 0.05) is 30.1 Å². The van der Waals surface area contributed by atoms with Crippen LogP contribution in [-0.2, 0) is 6.42 Å². The summed E-state index contributed by atoms with van der Waals surface area (Å²) < 4.78 is 33.0. The summed E-state index contributed by atoms with van der Waals surface area (Å²) in [5, 5.41) is 21.5. The fraction of sp³-hybridized carbons (Fsp3) is 0.0476. The minimum atomic E-state index is -1.04. The van der Waals surface area contributed by atoms with Gasteiger partial charge in [-0.05, 0) is 42.0 Å². The Balaban J connectivity index is 1.58. The van der Waals surface area contributed by atoms with Gasteiger partial charge in [-0.3, -0.25) is 15.8 Å². The van der Waals surface area contributed by atoms with E-state index in [1.807, 2.05) is 30.3 Å². The van der Waals surface area contributed by atoms with Crippen molar-refractivity contribution in [2.45, 2.75) is 6.42 Å². The van der Waals surface area contributed by atoms with Crippen molar-refractivity contribution < 1.29 is 13.5 Å². The van der Waals surface area contributed by atoms with E-state index in [0.717, 1.165) is 33.3 Å². The summed E-state index contributed by atoms with van der Waals surface area (Å²) in [5.74, 6) is -1.83. The van der Waals surface area contributed by atoms with Gasteiger partial charge in [-0.15, -0.1) is 5.10 Å². The molecule has 29 heavy (non-hydrogen) atoms. The van der Waals surface area contributed by atoms with Gasteiger partial charge in [0.2, 0.25) is 5.88 Å². The van der Waals surface area contributed by atoms with E-state index in [1.165, 1.54) is 18.2 Å². The molecule has 0 amide bonds. The lowest BCUT2D eigenvalue weighted by molar-refractivity contribution is 0.436. The van der Waals surface area contributed by atoms with E-state index in [0.29, 0.717) is 0 Å². The number of hydrogen-bond acceptors (Lipinski definition) is 5. The number of nitrogens with one attached hydrogen (secondary N) is 2. The van der Waals surface area contributed by atoms with E-state index in [9.17, 15) is 8.78 Å². The van der Waals surface area contributed by atoms with Crippen molar-refractivity contribution in [1.82, 2.24) is 14.8 Å². The number of hydrogen-bond donors (Lipinski definition) is 2. The molecule has 0 bridgehead atoms. The fourth-order valence-corrected chi connectivity index (χ4v) is 2.83. The molecule has 0 aliphatic rings. The quantitative estimate of drug-likeness (QED) is 0.406. The smallest absolute Gasteiger partial charge is 0.237 e. The van der Waals surface area contributed by atoms with Gasteiger partial charge in [0.15, 0.2) is 11.6 Å². The standard InChI is InChI=1S/C21H15F2N5O/c22-16-5-4-15(12-17(16)23)29-21-8-7-19(24)28(27-21)20(25)11-13-3-6-18-14(10-13)2-1-9-26-18/h1-10,12,24-25H,11H2. The largest absolute Gasteiger partial charge is 0.437 e. The van der Waals surface area contributed by atoms with Crippen molar-refractivity contribution >= 4 is 16.7 Å². The van der Waals surface area contributed by atoms with E-state index in [1.54, 1.807) is 6.20 Å². The van der Waals surface area contributed by atoms with Crippen molar-refractivity contribution in [3.63, 3.8) is 0 Å². The minimum absolute atomic E-state index is 0.00454. The average molecular weight is 391 g/mol. The molecular formula is C21H15F2N5O. The molecule has 0 aliphatic carbocycles. The first-order valence-corrected chi connectivity index (χ1v) is 8.69. The molecule has 2 heterocycles. The normalized spacial score (nSPS) is 10.8. The molecule has 0 saturated carbocycles. The zero-order chi connectivity index (χ0) is 20.4. The first-order chi connectivity index (χ1) is 14.0. The monoisotopic (exact) mass is 391 g/mol. The predicted octanol–water partition coefficient (Wildman–Crippen LogP) is 4.05. The maximum atomic E-state index is 13.4. The first-order valence-electron chi connectivity index (χ1n) is 8.69. The molecule has 0 spiro atoms. The Labute approximate surface area is 164 Å². The van der Waals surface area contributed by atoms with E-state index < -0.39 is 11.6 Å². The second kappa shape index (κ2) is 7.59. The summed E-state index contributed by atoms with van der Waals surface area (Å²) >= 11 is 0. The molecule has 2 N–H and O–H groups in total. The number of aromatic nitrogens is 3. The third kappa shape index (κ3) is 4.01. The summed E-state index contributed by atoms with van der Waals surface area (Å²) in [6, 6.07) is 15.4. The summed E-state index contributed by atoms with van der Waals surface area (Å²) in [7, 11) is 0. The highest BCUT2D eigenvalue weighted by molar-refractivity contribution is 5.85. The Morgan fingerprint density at radius 3 is 2.69 bits per heavy atom. The molecule has 2 aromatic carbocycles. The number of halogens is 2. The second-order valence-electron chi connectivity index (χ2n) is 6.30. The number of rotatable bonds is 4. The Hall–Kier alpha value is -3.94. The number of fused-ring (bicyclic) bond motifs is 1. The third-order valence-corrected chi connectivity index (χ3v) is 4.22. The first kappa shape index (κ1) is 18.4. The number of ether oxygens (including phenoxy) is 1. The molecule has 8 heteroatoms.